The van der Waals surface area contributed by atoms with E-state index in [9.17, 15) is 0 Å². The van der Waals surface area contributed by atoms with Crippen LogP contribution in [0, 0.1) is 5.41 Å². The monoisotopic (exact) mass is 243 g/mol. The Morgan fingerprint density at radius 3 is 2.47 bits per heavy atom. The molecule has 0 spiro atoms. The lowest BCUT2D eigenvalue weighted by Gasteiger charge is -2.18. The molecule has 1 aromatic rings. The van der Waals surface area contributed by atoms with Crippen molar-refractivity contribution in [2.75, 3.05) is 0 Å². The van der Waals surface area contributed by atoms with Crippen molar-refractivity contribution in [3.05, 3.63) is 28.0 Å². The van der Waals surface area contributed by atoms with Gasteiger partial charge in [0.1, 0.15) is 5.60 Å². The Bertz CT molecular complexity index is 406. The summed E-state index contributed by atoms with van der Waals surface area (Å²) in [6.07, 6.45) is 0. The molecule has 4 heteroatoms. The first kappa shape index (κ1) is 12.3. The first-order chi connectivity index (χ1) is 6.52. The minimum Gasteiger partial charge on any atom is -0.467 e. The molecular formula is C11H14ClNOS. The predicted octanol–water partition coefficient (Wildman–Crippen LogP) is 3.73. The second-order valence-corrected chi connectivity index (χ2v) is 4.87. The smallest absolute Gasteiger partial charge is 0.215 e. The summed E-state index contributed by atoms with van der Waals surface area (Å²) in [5.74, 6) is 0.301. The minimum atomic E-state index is -0.323. The van der Waals surface area contributed by atoms with Crippen molar-refractivity contribution in [1.29, 1.82) is 5.41 Å². The van der Waals surface area contributed by atoms with Gasteiger partial charge in [0.2, 0.25) is 5.90 Å². The third kappa shape index (κ3) is 1.94. The molecule has 1 aliphatic heterocycles. The van der Waals surface area contributed by atoms with Crippen molar-refractivity contribution in [1.82, 2.24) is 0 Å². The third-order valence-corrected chi connectivity index (χ3v) is 3.52. The van der Waals surface area contributed by atoms with E-state index in [2.05, 4.69) is 0 Å². The van der Waals surface area contributed by atoms with E-state index in [1.165, 1.54) is 0 Å². The summed E-state index contributed by atoms with van der Waals surface area (Å²) < 4.78 is 5.51. The number of halogens is 1. The maximum Gasteiger partial charge on any atom is 0.215 e. The van der Waals surface area contributed by atoms with E-state index < -0.39 is 0 Å². The molecule has 0 unspecified atom stereocenters. The topological polar surface area (TPSA) is 33.1 Å². The zero-order valence-corrected chi connectivity index (χ0v) is 10.6. The SMILES string of the molecule is CC1=C(c2cccs2)C(=N)OC1(C)C.Cl. The minimum absolute atomic E-state index is 0. The van der Waals surface area contributed by atoms with Crippen LogP contribution in [-0.2, 0) is 4.74 Å². The summed E-state index contributed by atoms with van der Waals surface area (Å²) in [6.45, 7) is 6.03. The van der Waals surface area contributed by atoms with Gasteiger partial charge in [-0.05, 0) is 37.8 Å². The predicted molar refractivity (Wildman–Crippen MR) is 67.1 cm³/mol. The van der Waals surface area contributed by atoms with Crippen LogP contribution in [-0.4, -0.2) is 11.5 Å². The molecule has 0 radical (unpaired) electrons. The van der Waals surface area contributed by atoms with Gasteiger partial charge >= 0.3 is 0 Å². The van der Waals surface area contributed by atoms with Gasteiger partial charge in [-0.15, -0.1) is 23.7 Å². The molecule has 0 atom stereocenters. The lowest BCUT2D eigenvalue weighted by Crippen LogP contribution is -2.21. The molecule has 1 aliphatic rings. The maximum atomic E-state index is 7.79. The van der Waals surface area contributed by atoms with Crippen LogP contribution >= 0.6 is 23.7 Å². The Hall–Kier alpha value is -0.800. The molecule has 0 aromatic carbocycles. The van der Waals surface area contributed by atoms with Gasteiger partial charge in [-0.1, -0.05) is 6.07 Å². The highest BCUT2D eigenvalue weighted by atomic mass is 35.5. The van der Waals surface area contributed by atoms with Gasteiger partial charge < -0.3 is 4.74 Å². The molecule has 0 saturated heterocycles. The molecule has 2 nitrogen and oxygen atoms in total. The fraction of sp³-hybridized carbons (Fsp3) is 0.364. The number of ether oxygens (including phenoxy) is 1. The molecule has 15 heavy (non-hydrogen) atoms. The molecule has 1 N–H and O–H groups in total. The van der Waals surface area contributed by atoms with Crippen LogP contribution in [0.4, 0.5) is 0 Å². The van der Waals surface area contributed by atoms with Crippen molar-refractivity contribution >= 4 is 35.2 Å². The summed E-state index contributed by atoms with van der Waals surface area (Å²) >= 11 is 1.65. The molecule has 82 valence electrons. The van der Waals surface area contributed by atoms with E-state index >= 15 is 0 Å². The highest BCUT2D eigenvalue weighted by Gasteiger charge is 2.36. The Labute approximate surface area is 99.9 Å². The van der Waals surface area contributed by atoms with Crippen LogP contribution in [0.25, 0.3) is 5.57 Å². The van der Waals surface area contributed by atoms with E-state index in [-0.39, 0.29) is 18.0 Å². The van der Waals surface area contributed by atoms with Crippen molar-refractivity contribution in [2.24, 2.45) is 0 Å². The Balaban J connectivity index is 0.00000112. The quantitative estimate of drug-likeness (QED) is 0.801. The lowest BCUT2D eigenvalue weighted by atomic mass is 9.97. The van der Waals surface area contributed by atoms with Crippen molar-refractivity contribution in [3.63, 3.8) is 0 Å². The number of hydrogen-bond acceptors (Lipinski definition) is 3. The van der Waals surface area contributed by atoms with Crippen LogP contribution in [0.1, 0.15) is 25.6 Å². The standard InChI is InChI=1S/C11H13NOS.ClH/c1-7-9(8-5-4-6-14-8)10(12)13-11(7,2)3;/h4-6,12H,1-3H3;1H. The molecule has 0 amide bonds. The summed E-state index contributed by atoms with van der Waals surface area (Å²) in [6, 6.07) is 4.03. The molecule has 1 aromatic heterocycles. The second-order valence-electron chi connectivity index (χ2n) is 3.92. The fourth-order valence-electron chi connectivity index (χ4n) is 1.57. The Morgan fingerprint density at radius 1 is 1.40 bits per heavy atom. The number of hydrogen-bond donors (Lipinski definition) is 1. The van der Waals surface area contributed by atoms with E-state index in [1.54, 1.807) is 11.3 Å². The molecule has 0 fully saturated rings. The average Bonchev–Trinajstić information content (AvgIpc) is 2.61. The number of nitrogens with one attached hydrogen (secondary N) is 1. The normalized spacial score (nSPS) is 18.7. The van der Waals surface area contributed by atoms with Crippen LogP contribution in [0.2, 0.25) is 0 Å². The van der Waals surface area contributed by atoms with Gasteiger partial charge in [0, 0.05) is 4.88 Å². The fourth-order valence-corrected chi connectivity index (χ4v) is 2.40. The van der Waals surface area contributed by atoms with Crippen LogP contribution in [0.15, 0.2) is 23.1 Å². The van der Waals surface area contributed by atoms with Crippen LogP contribution in [0.3, 0.4) is 0 Å². The number of thiophene rings is 1. The molecule has 0 bridgehead atoms. The van der Waals surface area contributed by atoms with E-state index in [1.807, 2.05) is 38.3 Å². The third-order valence-electron chi connectivity index (χ3n) is 2.63. The van der Waals surface area contributed by atoms with Gasteiger partial charge in [0.15, 0.2) is 0 Å². The van der Waals surface area contributed by atoms with Gasteiger partial charge in [-0.2, -0.15) is 0 Å². The van der Waals surface area contributed by atoms with E-state index in [0.29, 0.717) is 5.90 Å². The first-order valence-corrected chi connectivity index (χ1v) is 5.43. The molecule has 0 aliphatic carbocycles. The average molecular weight is 244 g/mol. The molecular weight excluding hydrogens is 230 g/mol. The van der Waals surface area contributed by atoms with Crippen molar-refractivity contribution in [2.45, 2.75) is 26.4 Å². The highest BCUT2D eigenvalue weighted by Crippen LogP contribution is 2.38. The van der Waals surface area contributed by atoms with E-state index in [0.717, 1.165) is 16.0 Å². The zero-order chi connectivity index (χ0) is 10.3. The summed E-state index contributed by atoms with van der Waals surface area (Å²) in [7, 11) is 0. The van der Waals surface area contributed by atoms with Crippen LogP contribution in [0.5, 0.6) is 0 Å². The lowest BCUT2D eigenvalue weighted by molar-refractivity contribution is 0.149. The van der Waals surface area contributed by atoms with Crippen LogP contribution < -0.4 is 0 Å². The van der Waals surface area contributed by atoms with E-state index in [4.69, 9.17) is 10.1 Å². The van der Waals surface area contributed by atoms with Crippen molar-refractivity contribution < 1.29 is 4.74 Å². The highest BCUT2D eigenvalue weighted by molar-refractivity contribution is 7.11. The zero-order valence-electron chi connectivity index (χ0n) is 8.96. The van der Waals surface area contributed by atoms with Gasteiger partial charge in [0.25, 0.3) is 0 Å². The maximum absolute atomic E-state index is 7.79. The molecule has 0 saturated carbocycles. The van der Waals surface area contributed by atoms with Gasteiger partial charge in [-0.3, -0.25) is 5.41 Å². The first-order valence-electron chi connectivity index (χ1n) is 4.55. The largest absolute Gasteiger partial charge is 0.467 e. The molecule has 2 rings (SSSR count). The Morgan fingerprint density at radius 2 is 2.07 bits per heavy atom. The molecule has 2 heterocycles. The summed E-state index contributed by atoms with van der Waals surface area (Å²) in [5.41, 5.74) is 1.78. The second kappa shape index (κ2) is 3.99. The van der Waals surface area contributed by atoms with Crippen molar-refractivity contribution in [3.8, 4) is 0 Å². The van der Waals surface area contributed by atoms with Gasteiger partial charge in [-0.25, -0.2) is 0 Å². The van der Waals surface area contributed by atoms with Gasteiger partial charge in [0.05, 0.1) is 5.57 Å². The number of rotatable bonds is 1. The summed E-state index contributed by atoms with van der Waals surface area (Å²) in [4.78, 5) is 1.12. The summed E-state index contributed by atoms with van der Waals surface area (Å²) in [5, 5.41) is 9.82. The Kier molecular flexibility index (Phi) is 3.26.